The van der Waals surface area contributed by atoms with E-state index in [1.807, 2.05) is 31.3 Å². The van der Waals surface area contributed by atoms with Crippen molar-refractivity contribution in [1.82, 2.24) is 34.7 Å². The predicted molar refractivity (Wildman–Crippen MR) is 140 cm³/mol. The average Bonchev–Trinajstić information content (AvgIpc) is 3.21. The van der Waals surface area contributed by atoms with Gasteiger partial charge in [-0.3, -0.25) is 0 Å². The molecule has 0 atom stereocenters. The Morgan fingerprint density at radius 1 is 1.03 bits per heavy atom. The first-order chi connectivity index (χ1) is 17.5. The number of aromatic nitrogens is 7. The number of anilines is 4. The topological polar surface area (TPSA) is 127 Å². The summed E-state index contributed by atoms with van der Waals surface area (Å²) in [5.74, 6) is 4.36. The summed E-state index contributed by atoms with van der Waals surface area (Å²) in [5, 5.41) is 9.64. The first-order valence-corrected chi connectivity index (χ1v) is 12.6. The lowest BCUT2D eigenvalue weighted by Gasteiger charge is -2.39. The molecule has 12 heteroatoms. The van der Waals surface area contributed by atoms with Gasteiger partial charge in [0.1, 0.15) is 5.82 Å². The second-order valence-corrected chi connectivity index (χ2v) is 9.88. The maximum absolute atomic E-state index is 6.32. The summed E-state index contributed by atoms with van der Waals surface area (Å²) in [6.07, 6.45) is 5.40. The number of nitrogens with one attached hydrogen (secondary N) is 1. The number of nitrogens with two attached hydrogens (primary N) is 1. The second-order valence-electron chi connectivity index (χ2n) is 9.45. The molecule has 0 spiro atoms. The molecule has 6 rings (SSSR count). The van der Waals surface area contributed by atoms with E-state index in [0.29, 0.717) is 16.9 Å². The van der Waals surface area contributed by atoms with Crippen molar-refractivity contribution < 1.29 is 0 Å². The van der Waals surface area contributed by atoms with E-state index >= 15 is 0 Å². The maximum atomic E-state index is 6.32. The van der Waals surface area contributed by atoms with Crippen molar-refractivity contribution in [2.24, 2.45) is 13.0 Å². The molecule has 186 valence electrons. The van der Waals surface area contributed by atoms with Gasteiger partial charge in [-0.1, -0.05) is 11.6 Å². The molecule has 5 heterocycles. The molecule has 0 saturated carbocycles. The third-order valence-electron chi connectivity index (χ3n) is 6.95. The largest absolute Gasteiger partial charge is 0.369 e. The number of aryl methyl sites for hydroxylation is 1. The van der Waals surface area contributed by atoms with Crippen LogP contribution in [0.15, 0.2) is 36.7 Å². The quantitative estimate of drug-likeness (QED) is 0.403. The minimum Gasteiger partial charge on any atom is -0.369 e. The normalized spacial score (nSPS) is 16.9. The van der Waals surface area contributed by atoms with Gasteiger partial charge in [-0.15, -0.1) is 0 Å². The highest BCUT2D eigenvalue weighted by atomic mass is 35.5. The monoisotopic (exact) mass is 505 g/mol. The number of hydrogen-bond acceptors (Lipinski definition) is 10. The molecule has 0 radical (unpaired) electrons. The second kappa shape index (κ2) is 9.38. The zero-order valence-electron chi connectivity index (χ0n) is 20.0. The van der Waals surface area contributed by atoms with Crippen molar-refractivity contribution in [2.45, 2.75) is 18.8 Å². The molecule has 0 unspecified atom stereocenters. The average molecular weight is 506 g/mol. The summed E-state index contributed by atoms with van der Waals surface area (Å²) in [4.78, 5) is 27.3. The Labute approximate surface area is 213 Å². The standard InChI is InChI=1S/C24H28ClN11/c1-34-22(26)31-20(33-34)16-5-9-35(10-6-16)24-30-19-4-3-17(25)11-18(19)21(32-24)29-12-15-13-36(14-15)23-27-7-2-8-28-23/h2-4,7-8,11,15-16H,5-6,9-10,12-14H2,1H3,(H2,26,31,33)(H,29,30,32). The van der Waals surface area contributed by atoms with E-state index in [0.717, 1.165) is 80.0 Å². The van der Waals surface area contributed by atoms with Gasteiger partial charge in [0.05, 0.1) is 5.52 Å². The summed E-state index contributed by atoms with van der Waals surface area (Å²) >= 11 is 6.32. The van der Waals surface area contributed by atoms with E-state index in [4.69, 9.17) is 27.3 Å². The molecular formula is C24H28ClN11. The van der Waals surface area contributed by atoms with Gasteiger partial charge in [-0.05, 0) is 37.1 Å². The first-order valence-electron chi connectivity index (χ1n) is 12.2. The molecule has 3 aromatic heterocycles. The van der Waals surface area contributed by atoms with Gasteiger partial charge in [0.2, 0.25) is 17.8 Å². The zero-order chi connectivity index (χ0) is 24.6. The van der Waals surface area contributed by atoms with Crippen molar-refractivity contribution >= 4 is 46.2 Å². The lowest BCUT2D eigenvalue weighted by Crippen LogP contribution is -2.50. The summed E-state index contributed by atoms with van der Waals surface area (Å²) in [6.45, 7) is 4.28. The van der Waals surface area contributed by atoms with Crippen LogP contribution in [0, 0.1) is 5.92 Å². The number of nitrogens with zero attached hydrogens (tertiary/aromatic N) is 9. The van der Waals surface area contributed by atoms with Crippen molar-refractivity contribution in [3.05, 3.63) is 47.5 Å². The number of hydrogen-bond donors (Lipinski definition) is 2. The Bertz CT molecular complexity index is 1340. The first kappa shape index (κ1) is 22.7. The number of fused-ring (bicyclic) bond motifs is 1. The van der Waals surface area contributed by atoms with Crippen LogP contribution in [0.5, 0.6) is 0 Å². The third kappa shape index (κ3) is 4.46. The van der Waals surface area contributed by atoms with Crippen LogP contribution in [0.3, 0.4) is 0 Å². The van der Waals surface area contributed by atoms with E-state index < -0.39 is 0 Å². The molecule has 2 aliphatic heterocycles. The van der Waals surface area contributed by atoms with Crippen LogP contribution in [0.4, 0.5) is 23.7 Å². The summed E-state index contributed by atoms with van der Waals surface area (Å²) in [6, 6.07) is 7.59. The summed E-state index contributed by atoms with van der Waals surface area (Å²) in [7, 11) is 1.82. The highest BCUT2D eigenvalue weighted by Gasteiger charge is 2.29. The summed E-state index contributed by atoms with van der Waals surface area (Å²) in [5.41, 5.74) is 6.76. The van der Waals surface area contributed by atoms with Crippen LogP contribution in [0.1, 0.15) is 24.6 Å². The smallest absolute Gasteiger partial charge is 0.227 e. The van der Waals surface area contributed by atoms with Crippen LogP contribution in [0.25, 0.3) is 10.9 Å². The Balaban J connectivity index is 1.16. The maximum Gasteiger partial charge on any atom is 0.227 e. The van der Waals surface area contributed by atoms with Crippen molar-refractivity contribution in [2.75, 3.05) is 53.6 Å². The number of nitrogen functional groups attached to an aromatic ring is 1. The van der Waals surface area contributed by atoms with Crippen molar-refractivity contribution in [1.29, 1.82) is 0 Å². The minimum atomic E-state index is 0.289. The molecule has 2 aliphatic rings. The van der Waals surface area contributed by atoms with E-state index in [1.54, 1.807) is 17.1 Å². The Morgan fingerprint density at radius 3 is 2.53 bits per heavy atom. The molecule has 2 fully saturated rings. The molecular weight excluding hydrogens is 478 g/mol. The number of benzene rings is 1. The third-order valence-corrected chi connectivity index (χ3v) is 7.19. The van der Waals surface area contributed by atoms with Gasteiger partial charge in [0.25, 0.3) is 0 Å². The highest BCUT2D eigenvalue weighted by Crippen LogP contribution is 2.31. The van der Waals surface area contributed by atoms with Gasteiger partial charge in [-0.2, -0.15) is 15.1 Å². The number of piperidine rings is 1. The van der Waals surface area contributed by atoms with Gasteiger partial charge in [-0.25, -0.2) is 19.6 Å². The molecule has 1 aromatic carbocycles. The fourth-order valence-electron chi connectivity index (χ4n) is 4.85. The molecule has 0 amide bonds. The van der Waals surface area contributed by atoms with Crippen LogP contribution in [-0.4, -0.2) is 67.4 Å². The van der Waals surface area contributed by atoms with E-state index in [9.17, 15) is 0 Å². The zero-order valence-corrected chi connectivity index (χ0v) is 20.8. The molecule has 4 aromatic rings. The fraction of sp³-hybridized carbons (Fsp3) is 0.417. The van der Waals surface area contributed by atoms with E-state index in [-0.39, 0.29) is 5.92 Å². The van der Waals surface area contributed by atoms with E-state index in [1.165, 1.54) is 0 Å². The van der Waals surface area contributed by atoms with Gasteiger partial charge >= 0.3 is 0 Å². The lowest BCUT2D eigenvalue weighted by atomic mass is 9.96. The van der Waals surface area contributed by atoms with Gasteiger partial charge in [0.15, 0.2) is 5.82 Å². The molecule has 3 N–H and O–H groups in total. The van der Waals surface area contributed by atoms with Crippen LogP contribution < -0.4 is 20.9 Å². The fourth-order valence-corrected chi connectivity index (χ4v) is 5.02. The summed E-state index contributed by atoms with van der Waals surface area (Å²) < 4.78 is 1.63. The molecule has 11 nitrogen and oxygen atoms in total. The number of halogens is 1. The van der Waals surface area contributed by atoms with Crippen molar-refractivity contribution in [3.8, 4) is 0 Å². The molecule has 36 heavy (non-hydrogen) atoms. The lowest BCUT2D eigenvalue weighted by molar-refractivity contribution is 0.422. The minimum absolute atomic E-state index is 0.289. The van der Waals surface area contributed by atoms with Gasteiger partial charge in [0, 0.05) is 74.4 Å². The SMILES string of the molecule is Cn1nc(C2CCN(c3nc(NCC4CN(c5ncccn5)C4)c4cc(Cl)ccc4n3)CC2)nc1N. The molecule has 0 bridgehead atoms. The van der Waals surface area contributed by atoms with Gasteiger partial charge < -0.3 is 20.9 Å². The van der Waals surface area contributed by atoms with Crippen LogP contribution in [-0.2, 0) is 7.05 Å². The number of rotatable bonds is 6. The van der Waals surface area contributed by atoms with E-state index in [2.05, 4.69) is 35.2 Å². The Morgan fingerprint density at radius 2 is 1.81 bits per heavy atom. The molecule has 0 aliphatic carbocycles. The van der Waals surface area contributed by atoms with Crippen molar-refractivity contribution in [3.63, 3.8) is 0 Å². The predicted octanol–water partition coefficient (Wildman–Crippen LogP) is 2.72. The molecule has 2 saturated heterocycles. The Kier molecular flexibility index (Phi) is 5.92. The van der Waals surface area contributed by atoms with Crippen LogP contribution >= 0.6 is 11.6 Å². The van der Waals surface area contributed by atoms with Crippen LogP contribution in [0.2, 0.25) is 5.02 Å². The highest BCUT2D eigenvalue weighted by molar-refractivity contribution is 6.31. The Hall–Kier alpha value is -3.73.